The van der Waals surface area contributed by atoms with Gasteiger partial charge in [-0.25, -0.2) is 0 Å². The number of carbonyl (C=O) groups excluding carboxylic acids is 2. The summed E-state index contributed by atoms with van der Waals surface area (Å²) in [6.07, 6.45) is 6.89. The van der Waals surface area contributed by atoms with E-state index in [1.807, 2.05) is 13.2 Å². The summed E-state index contributed by atoms with van der Waals surface area (Å²) in [7, 11) is 1.82. The van der Waals surface area contributed by atoms with Crippen LogP contribution in [0.2, 0.25) is 0 Å². The molecule has 1 N–H and O–H groups in total. The summed E-state index contributed by atoms with van der Waals surface area (Å²) >= 11 is 1.12. The predicted octanol–water partition coefficient (Wildman–Crippen LogP) is 1.28. The zero-order chi connectivity index (χ0) is 16.2. The molecule has 1 aliphatic heterocycles. The molecule has 23 heavy (non-hydrogen) atoms. The van der Waals surface area contributed by atoms with Crippen LogP contribution >= 0.6 is 11.5 Å². The van der Waals surface area contributed by atoms with E-state index in [-0.39, 0.29) is 18.4 Å². The number of aromatic nitrogens is 4. The molecule has 2 aromatic heterocycles. The Morgan fingerprint density at radius 2 is 2.26 bits per heavy atom. The van der Waals surface area contributed by atoms with Gasteiger partial charge < -0.3 is 4.90 Å². The molecule has 0 aromatic carbocycles. The van der Waals surface area contributed by atoms with Crippen LogP contribution in [0.25, 0.3) is 11.4 Å². The summed E-state index contributed by atoms with van der Waals surface area (Å²) in [5.41, 5.74) is 0.798. The highest BCUT2D eigenvalue weighted by Gasteiger charge is 2.20. The van der Waals surface area contributed by atoms with E-state index in [9.17, 15) is 9.59 Å². The van der Waals surface area contributed by atoms with E-state index in [0.29, 0.717) is 23.9 Å². The van der Waals surface area contributed by atoms with Crippen molar-refractivity contribution < 1.29 is 9.59 Å². The molecule has 8 nitrogen and oxygen atoms in total. The number of nitrogens with one attached hydrogen (secondary N) is 1. The lowest BCUT2D eigenvalue weighted by atomic mass is 10.2. The van der Waals surface area contributed by atoms with Gasteiger partial charge in [0.05, 0.1) is 18.3 Å². The van der Waals surface area contributed by atoms with Crippen LogP contribution < -0.4 is 5.32 Å². The maximum absolute atomic E-state index is 12.1. The molecule has 0 atom stereocenters. The lowest BCUT2D eigenvalue weighted by Crippen LogP contribution is -2.37. The van der Waals surface area contributed by atoms with Gasteiger partial charge in [0.15, 0.2) is 5.82 Å². The molecule has 0 bridgehead atoms. The van der Waals surface area contributed by atoms with Gasteiger partial charge in [0.1, 0.15) is 0 Å². The Hall–Kier alpha value is -2.29. The van der Waals surface area contributed by atoms with Crippen molar-refractivity contribution in [3.8, 4) is 11.4 Å². The van der Waals surface area contributed by atoms with Crippen molar-refractivity contribution in [2.24, 2.45) is 7.05 Å². The fraction of sp³-hybridized carbons (Fsp3) is 0.500. The van der Waals surface area contributed by atoms with Crippen molar-refractivity contribution in [2.45, 2.75) is 25.7 Å². The number of likely N-dealkylation sites (tertiary alicyclic amines) is 1. The average Bonchev–Trinajstić information content (AvgIpc) is 3.09. The number of amides is 2. The molecule has 2 amide bonds. The van der Waals surface area contributed by atoms with Gasteiger partial charge in [-0.15, -0.1) is 0 Å². The van der Waals surface area contributed by atoms with Crippen molar-refractivity contribution in [3.05, 3.63) is 12.4 Å². The molecular weight excluding hydrogens is 316 g/mol. The van der Waals surface area contributed by atoms with Crippen LogP contribution in [0.1, 0.15) is 25.7 Å². The molecule has 3 rings (SSSR count). The Kier molecular flexibility index (Phi) is 4.65. The second-order valence-corrected chi connectivity index (χ2v) is 6.25. The Morgan fingerprint density at radius 3 is 3.04 bits per heavy atom. The maximum atomic E-state index is 12.1. The molecule has 3 heterocycles. The van der Waals surface area contributed by atoms with E-state index in [1.54, 1.807) is 15.8 Å². The molecule has 0 saturated carbocycles. The van der Waals surface area contributed by atoms with Crippen LogP contribution in [0.3, 0.4) is 0 Å². The normalized spacial score (nSPS) is 15.5. The number of nitrogens with zero attached hydrogens (tertiary/aromatic N) is 5. The van der Waals surface area contributed by atoms with Gasteiger partial charge in [-0.3, -0.25) is 19.6 Å². The third-order valence-corrected chi connectivity index (χ3v) is 4.27. The van der Waals surface area contributed by atoms with Crippen molar-refractivity contribution in [1.82, 2.24) is 24.0 Å². The van der Waals surface area contributed by atoms with Crippen molar-refractivity contribution in [1.29, 1.82) is 0 Å². The van der Waals surface area contributed by atoms with Crippen LogP contribution in [0.15, 0.2) is 12.4 Å². The van der Waals surface area contributed by atoms with Gasteiger partial charge in [0.2, 0.25) is 16.9 Å². The Labute approximate surface area is 137 Å². The highest BCUT2D eigenvalue weighted by molar-refractivity contribution is 7.10. The lowest BCUT2D eigenvalue weighted by Gasteiger charge is -2.19. The quantitative estimate of drug-likeness (QED) is 0.909. The maximum Gasteiger partial charge on any atom is 0.245 e. The molecular formula is C14H18N6O2S. The van der Waals surface area contributed by atoms with Crippen molar-refractivity contribution in [3.63, 3.8) is 0 Å². The van der Waals surface area contributed by atoms with E-state index >= 15 is 0 Å². The van der Waals surface area contributed by atoms with E-state index in [1.165, 1.54) is 0 Å². The molecule has 0 spiro atoms. The minimum Gasteiger partial charge on any atom is -0.333 e. The smallest absolute Gasteiger partial charge is 0.245 e. The fourth-order valence-corrected chi connectivity index (χ4v) is 3.07. The number of hydrogen-bond acceptors (Lipinski definition) is 6. The summed E-state index contributed by atoms with van der Waals surface area (Å²) in [4.78, 5) is 29.9. The molecule has 0 aliphatic carbocycles. The molecule has 0 radical (unpaired) electrons. The van der Waals surface area contributed by atoms with E-state index < -0.39 is 0 Å². The van der Waals surface area contributed by atoms with Gasteiger partial charge in [-0.05, 0) is 12.8 Å². The van der Waals surface area contributed by atoms with E-state index in [4.69, 9.17) is 0 Å². The highest BCUT2D eigenvalue weighted by atomic mass is 32.1. The summed E-state index contributed by atoms with van der Waals surface area (Å²) < 4.78 is 5.88. The standard InChI is InChI=1S/C14H18N6O2S/c1-19-8-10(7-15-19)13-17-14(23-18-13)16-11(21)9-20-6-4-2-3-5-12(20)22/h7-8H,2-6,9H2,1H3,(H,16,17,18,21). The lowest BCUT2D eigenvalue weighted by molar-refractivity contribution is -0.134. The van der Waals surface area contributed by atoms with Crippen LogP contribution in [0.5, 0.6) is 0 Å². The van der Waals surface area contributed by atoms with Gasteiger partial charge in [-0.2, -0.15) is 14.5 Å². The van der Waals surface area contributed by atoms with Gasteiger partial charge in [0.25, 0.3) is 0 Å². The van der Waals surface area contributed by atoms with Crippen LogP contribution in [-0.2, 0) is 16.6 Å². The minimum atomic E-state index is -0.242. The number of aryl methyl sites for hydroxylation is 1. The van der Waals surface area contributed by atoms with Crippen LogP contribution in [0.4, 0.5) is 5.13 Å². The minimum absolute atomic E-state index is 0.0472. The average molecular weight is 334 g/mol. The summed E-state index contributed by atoms with van der Waals surface area (Å²) in [5, 5.41) is 7.21. The zero-order valence-electron chi connectivity index (χ0n) is 12.9. The molecule has 0 unspecified atom stereocenters. The Bertz CT molecular complexity index is 710. The number of anilines is 1. The van der Waals surface area contributed by atoms with Crippen LogP contribution in [0, 0.1) is 0 Å². The second-order valence-electron chi connectivity index (χ2n) is 5.50. The van der Waals surface area contributed by atoms with Crippen molar-refractivity contribution >= 4 is 28.5 Å². The number of carbonyl (C=O) groups is 2. The van der Waals surface area contributed by atoms with Gasteiger partial charge in [0, 0.05) is 37.7 Å². The monoisotopic (exact) mass is 334 g/mol. The zero-order valence-corrected chi connectivity index (χ0v) is 13.7. The molecule has 9 heteroatoms. The SMILES string of the molecule is Cn1cc(-c2nsc(NC(=O)CN3CCCCCC3=O)n2)cn1. The third kappa shape index (κ3) is 3.92. The molecule has 1 fully saturated rings. The first-order chi connectivity index (χ1) is 11.1. The molecule has 1 aliphatic rings. The highest BCUT2D eigenvalue weighted by Crippen LogP contribution is 2.20. The first kappa shape index (κ1) is 15.6. The Balaban J connectivity index is 1.59. The van der Waals surface area contributed by atoms with Crippen molar-refractivity contribution in [2.75, 3.05) is 18.4 Å². The molecule has 2 aromatic rings. The van der Waals surface area contributed by atoms with Gasteiger partial charge >= 0.3 is 0 Å². The second kappa shape index (κ2) is 6.86. The summed E-state index contributed by atoms with van der Waals surface area (Å²) in [6, 6.07) is 0. The topological polar surface area (TPSA) is 93.0 Å². The van der Waals surface area contributed by atoms with E-state index in [0.717, 1.165) is 36.4 Å². The van der Waals surface area contributed by atoms with Gasteiger partial charge in [-0.1, -0.05) is 6.42 Å². The molecule has 1 saturated heterocycles. The largest absolute Gasteiger partial charge is 0.333 e. The predicted molar refractivity (Wildman–Crippen MR) is 85.8 cm³/mol. The Morgan fingerprint density at radius 1 is 1.39 bits per heavy atom. The van der Waals surface area contributed by atoms with Crippen LogP contribution in [-0.4, -0.2) is 48.9 Å². The third-order valence-electron chi connectivity index (χ3n) is 3.64. The number of rotatable bonds is 4. The summed E-state index contributed by atoms with van der Waals surface area (Å²) in [6.45, 7) is 0.712. The first-order valence-electron chi connectivity index (χ1n) is 7.52. The first-order valence-corrected chi connectivity index (χ1v) is 8.29. The molecule has 122 valence electrons. The van der Waals surface area contributed by atoms with E-state index in [2.05, 4.69) is 19.8 Å². The number of hydrogen-bond donors (Lipinski definition) is 1. The summed E-state index contributed by atoms with van der Waals surface area (Å²) in [5.74, 6) is 0.337. The fourth-order valence-electron chi connectivity index (χ4n) is 2.47.